The van der Waals surface area contributed by atoms with E-state index in [4.69, 9.17) is 10.2 Å². The third-order valence-corrected chi connectivity index (χ3v) is 1.39. The summed E-state index contributed by atoms with van der Waals surface area (Å²) in [6, 6.07) is 5.48. The largest absolute Gasteiger partial charge is 1.00 e. The molecule has 0 aromatic heterocycles. The predicted octanol–water partition coefficient (Wildman–Crippen LogP) is -1.80. The van der Waals surface area contributed by atoms with Crippen LogP contribution < -0.4 is 18.9 Å². The first kappa shape index (κ1) is 11.8. The van der Waals surface area contributed by atoms with Crippen LogP contribution in [0.5, 0.6) is 0 Å². The number of benzene rings is 1. The molecule has 13 heavy (non-hydrogen) atoms. The van der Waals surface area contributed by atoms with E-state index < -0.39 is 11.9 Å². The van der Waals surface area contributed by atoms with Crippen LogP contribution in [0.4, 0.5) is 0 Å². The van der Waals surface area contributed by atoms with Gasteiger partial charge in [-0.05, 0) is 12.1 Å². The number of aromatic carboxylic acids is 2. The van der Waals surface area contributed by atoms with Crippen LogP contribution in [-0.2, 0) is 0 Å². The fraction of sp³-hybridized carbons (Fsp3) is 0. The van der Waals surface area contributed by atoms with Crippen molar-refractivity contribution in [3.63, 3.8) is 0 Å². The Morgan fingerprint density at radius 3 is 1.54 bits per heavy atom. The first-order valence-electron chi connectivity index (χ1n) is 3.18. The van der Waals surface area contributed by atoms with E-state index in [1.54, 1.807) is 0 Å². The van der Waals surface area contributed by atoms with Gasteiger partial charge >= 0.3 is 30.8 Å². The predicted molar refractivity (Wildman–Crippen MR) is 41.5 cm³/mol. The van der Waals surface area contributed by atoms with Crippen LogP contribution in [0.1, 0.15) is 22.1 Å². The quantitative estimate of drug-likeness (QED) is 0.519. The van der Waals surface area contributed by atoms with Crippen molar-refractivity contribution in [1.82, 2.24) is 0 Å². The number of carboxylic acid groups (broad SMARTS) is 2. The smallest absolute Gasteiger partial charge is 1.00 e. The van der Waals surface area contributed by atoms with Crippen LogP contribution in [0.25, 0.3) is 0 Å². The molecule has 0 spiro atoms. The molecule has 0 aliphatic carbocycles. The van der Waals surface area contributed by atoms with Crippen molar-refractivity contribution in [3.8, 4) is 0 Å². The summed E-state index contributed by atoms with van der Waals surface area (Å²) in [4.78, 5) is 20.9. The summed E-state index contributed by atoms with van der Waals surface area (Å²) in [5, 5.41) is 17.1. The minimum atomic E-state index is -1.23. The van der Waals surface area contributed by atoms with Gasteiger partial charge < -0.3 is 11.6 Å². The molecule has 64 valence electrons. The van der Waals surface area contributed by atoms with Gasteiger partial charge in [0.05, 0.1) is 11.1 Å². The standard InChI is InChI=1S/C8H6O4.Li.H/c9-7(10)5-3-1-2-4-6(5)8(11)12;;/h1-4H,(H,9,10)(H,11,12);;/q;+1;-1. The maximum Gasteiger partial charge on any atom is 1.00 e. The molecular weight excluding hydrogens is 167 g/mol. The van der Waals surface area contributed by atoms with Crippen molar-refractivity contribution in [3.05, 3.63) is 35.4 Å². The molecule has 2 N–H and O–H groups in total. The summed E-state index contributed by atoms with van der Waals surface area (Å²) in [6.45, 7) is 0. The van der Waals surface area contributed by atoms with Crippen molar-refractivity contribution in [2.24, 2.45) is 0 Å². The van der Waals surface area contributed by atoms with E-state index in [9.17, 15) is 9.59 Å². The van der Waals surface area contributed by atoms with Gasteiger partial charge in [-0.1, -0.05) is 12.1 Å². The summed E-state index contributed by atoms with van der Waals surface area (Å²) in [6.07, 6.45) is 0. The SMILES string of the molecule is O=C(O)c1ccccc1C(=O)O.[H-].[Li+]. The molecule has 0 unspecified atom stereocenters. The molecule has 4 nitrogen and oxygen atoms in total. The summed E-state index contributed by atoms with van der Waals surface area (Å²) in [7, 11) is 0. The third-order valence-electron chi connectivity index (χ3n) is 1.39. The summed E-state index contributed by atoms with van der Waals surface area (Å²) >= 11 is 0. The van der Waals surface area contributed by atoms with Crippen molar-refractivity contribution >= 4 is 11.9 Å². The molecule has 0 radical (unpaired) electrons. The monoisotopic (exact) mass is 174 g/mol. The van der Waals surface area contributed by atoms with Crippen LogP contribution in [0.15, 0.2) is 24.3 Å². The van der Waals surface area contributed by atoms with Gasteiger partial charge in [-0.3, -0.25) is 0 Å². The van der Waals surface area contributed by atoms with Gasteiger partial charge in [-0.25, -0.2) is 9.59 Å². The normalized spacial score (nSPS) is 8.62. The Hall–Kier alpha value is -1.24. The maximum absolute atomic E-state index is 10.5. The number of rotatable bonds is 2. The Kier molecular flexibility index (Phi) is 4.25. The van der Waals surface area contributed by atoms with Crippen LogP contribution >= 0.6 is 0 Å². The Balaban J connectivity index is 0. The molecule has 1 aromatic rings. The minimum Gasteiger partial charge on any atom is -1.00 e. The zero-order valence-electron chi connectivity index (χ0n) is 8.02. The van der Waals surface area contributed by atoms with Crippen LogP contribution in [0.3, 0.4) is 0 Å². The molecular formula is C8H7LiO4. The van der Waals surface area contributed by atoms with Crippen molar-refractivity contribution in [2.45, 2.75) is 0 Å². The van der Waals surface area contributed by atoms with Gasteiger partial charge in [0.2, 0.25) is 0 Å². The van der Waals surface area contributed by atoms with Crippen molar-refractivity contribution < 1.29 is 40.1 Å². The molecule has 1 aromatic carbocycles. The van der Waals surface area contributed by atoms with E-state index in [-0.39, 0.29) is 31.4 Å². The molecule has 0 amide bonds. The second-order valence-corrected chi connectivity index (χ2v) is 2.16. The first-order chi connectivity index (χ1) is 5.63. The Morgan fingerprint density at radius 2 is 1.31 bits per heavy atom. The van der Waals surface area contributed by atoms with Gasteiger partial charge in [0.15, 0.2) is 0 Å². The number of hydrogen-bond acceptors (Lipinski definition) is 2. The first-order valence-corrected chi connectivity index (χ1v) is 3.18. The van der Waals surface area contributed by atoms with Gasteiger partial charge in [-0.2, -0.15) is 0 Å². The average molecular weight is 174 g/mol. The zero-order valence-corrected chi connectivity index (χ0v) is 7.02. The van der Waals surface area contributed by atoms with Crippen molar-refractivity contribution in [1.29, 1.82) is 0 Å². The van der Waals surface area contributed by atoms with E-state index in [0.29, 0.717) is 0 Å². The second kappa shape index (κ2) is 4.70. The minimum absolute atomic E-state index is 0. The van der Waals surface area contributed by atoms with E-state index in [1.165, 1.54) is 24.3 Å². The number of hydrogen-bond donors (Lipinski definition) is 2. The molecule has 5 heteroatoms. The summed E-state index contributed by atoms with van der Waals surface area (Å²) in [5.41, 5.74) is -0.380. The van der Waals surface area contributed by atoms with Gasteiger partial charge in [0, 0.05) is 0 Å². The van der Waals surface area contributed by atoms with Crippen LogP contribution in [0.2, 0.25) is 0 Å². The maximum atomic E-state index is 10.5. The molecule has 0 saturated heterocycles. The molecule has 0 aliphatic heterocycles. The number of carbonyl (C=O) groups is 2. The molecule has 0 fully saturated rings. The number of carboxylic acids is 2. The molecule has 0 bridgehead atoms. The van der Waals surface area contributed by atoms with E-state index in [2.05, 4.69) is 0 Å². The van der Waals surface area contributed by atoms with E-state index in [1.807, 2.05) is 0 Å². The Morgan fingerprint density at radius 1 is 1.00 bits per heavy atom. The zero-order chi connectivity index (χ0) is 9.14. The van der Waals surface area contributed by atoms with Gasteiger partial charge in [0.1, 0.15) is 0 Å². The fourth-order valence-electron chi connectivity index (χ4n) is 0.856. The topological polar surface area (TPSA) is 74.6 Å². The average Bonchev–Trinajstić information content (AvgIpc) is 2.04. The molecule has 0 saturated carbocycles. The van der Waals surface area contributed by atoms with E-state index in [0.717, 1.165) is 0 Å². The van der Waals surface area contributed by atoms with Crippen molar-refractivity contribution in [2.75, 3.05) is 0 Å². The molecule has 0 heterocycles. The second-order valence-electron chi connectivity index (χ2n) is 2.16. The van der Waals surface area contributed by atoms with Gasteiger partial charge in [-0.15, -0.1) is 0 Å². The van der Waals surface area contributed by atoms with E-state index >= 15 is 0 Å². The van der Waals surface area contributed by atoms with Crippen LogP contribution in [-0.4, -0.2) is 22.2 Å². The fourth-order valence-corrected chi connectivity index (χ4v) is 0.856. The third kappa shape index (κ3) is 2.62. The van der Waals surface area contributed by atoms with Crippen LogP contribution in [0, 0.1) is 0 Å². The Labute approximate surface area is 87.9 Å². The molecule has 1 rings (SSSR count). The molecule has 0 aliphatic rings. The molecule has 0 atom stereocenters. The summed E-state index contributed by atoms with van der Waals surface area (Å²) in [5.74, 6) is -2.46. The summed E-state index contributed by atoms with van der Waals surface area (Å²) < 4.78 is 0. The van der Waals surface area contributed by atoms with Gasteiger partial charge in [0.25, 0.3) is 0 Å². The Bertz CT molecular complexity index is 307.